The zero-order valence-electron chi connectivity index (χ0n) is 12.6. The molecule has 2 rings (SSSR count). The second-order valence-electron chi connectivity index (χ2n) is 4.97. The number of nitrogens with zero attached hydrogens (tertiary/aromatic N) is 1. The van der Waals surface area contributed by atoms with Gasteiger partial charge >= 0.3 is 0 Å². The highest BCUT2D eigenvalue weighted by Gasteiger charge is 2.18. The minimum absolute atomic E-state index is 0.215. The van der Waals surface area contributed by atoms with Crippen molar-refractivity contribution in [2.45, 2.75) is 33.2 Å². The third kappa shape index (κ3) is 3.19. The van der Waals surface area contributed by atoms with Crippen LogP contribution in [-0.2, 0) is 0 Å². The summed E-state index contributed by atoms with van der Waals surface area (Å²) in [6, 6.07) is 4.56. The molecule has 0 fully saturated rings. The second kappa shape index (κ2) is 6.86. The maximum Gasteiger partial charge on any atom is 0.122 e. The number of nitrogens with one attached hydrogen (secondary N) is 1. The van der Waals surface area contributed by atoms with E-state index in [1.165, 1.54) is 21.6 Å². The largest absolute Gasteiger partial charge is 0.496 e. The number of hydrogen-bond acceptors (Lipinski definition) is 4. The van der Waals surface area contributed by atoms with Crippen LogP contribution >= 0.6 is 11.3 Å². The third-order valence-corrected chi connectivity index (χ3v) is 4.27. The minimum atomic E-state index is 0.215. The number of aryl methyl sites for hydroxylation is 2. The maximum absolute atomic E-state index is 5.40. The van der Waals surface area contributed by atoms with Gasteiger partial charge in [0.05, 0.1) is 18.7 Å². The third-order valence-electron chi connectivity index (χ3n) is 3.43. The van der Waals surface area contributed by atoms with E-state index in [2.05, 4.69) is 43.2 Å². The Morgan fingerprint density at radius 1 is 1.30 bits per heavy atom. The molecule has 1 aromatic heterocycles. The average Bonchev–Trinajstić information content (AvgIpc) is 2.96. The molecule has 0 saturated carbocycles. The van der Waals surface area contributed by atoms with E-state index in [4.69, 9.17) is 4.74 Å². The Hall–Kier alpha value is -1.39. The van der Waals surface area contributed by atoms with Gasteiger partial charge in [-0.25, -0.2) is 0 Å². The van der Waals surface area contributed by atoms with Gasteiger partial charge < -0.3 is 10.1 Å². The fourth-order valence-electron chi connectivity index (χ4n) is 2.36. The minimum Gasteiger partial charge on any atom is -0.496 e. The fraction of sp³-hybridized carbons (Fsp3) is 0.438. The number of methoxy groups -OCH3 is 1. The first-order valence-electron chi connectivity index (χ1n) is 6.94. The van der Waals surface area contributed by atoms with E-state index in [0.717, 1.165) is 18.7 Å². The maximum atomic E-state index is 5.40. The van der Waals surface area contributed by atoms with Crippen molar-refractivity contribution in [3.05, 3.63) is 45.4 Å². The van der Waals surface area contributed by atoms with Crippen LogP contribution in [0.5, 0.6) is 5.75 Å². The predicted molar refractivity (Wildman–Crippen MR) is 84.7 cm³/mol. The van der Waals surface area contributed by atoms with Crippen LogP contribution in [0.25, 0.3) is 0 Å². The molecule has 1 heterocycles. The topological polar surface area (TPSA) is 34.2 Å². The molecule has 0 aliphatic rings. The van der Waals surface area contributed by atoms with Crippen molar-refractivity contribution in [2.24, 2.45) is 0 Å². The number of thiazole rings is 1. The Balaban J connectivity index is 2.40. The molecule has 0 spiro atoms. The van der Waals surface area contributed by atoms with Gasteiger partial charge in [0.2, 0.25) is 0 Å². The van der Waals surface area contributed by atoms with E-state index in [1.54, 1.807) is 18.4 Å². The van der Waals surface area contributed by atoms with Gasteiger partial charge in [-0.3, -0.25) is 4.98 Å². The van der Waals surface area contributed by atoms with Gasteiger partial charge in [0, 0.05) is 11.1 Å². The van der Waals surface area contributed by atoms with Gasteiger partial charge in [0.25, 0.3) is 0 Å². The van der Waals surface area contributed by atoms with Crippen molar-refractivity contribution in [1.82, 2.24) is 10.3 Å². The van der Waals surface area contributed by atoms with Crippen molar-refractivity contribution >= 4 is 11.3 Å². The molecule has 1 N–H and O–H groups in total. The molecule has 108 valence electrons. The highest BCUT2D eigenvalue weighted by atomic mass is 32.1. The zero-order valence-corrected chi connectivity index (χ0v) is 13.4. The molecule has 4 heteroatoms. The van der Waals surface area contributed by atoms with Gasteiger partial charge in [0.15, 0.2) is 0 Å². The second-order valence-corrected chi connectivity index (χ2v) is 5.89. The lowest BCUT2D eigenvalue weighted by Gasteiger charge is -2.21. The van der Waals surface area contributed by atoms with E-state index in [1.807, 2.05) is 11.7 Å². The van der Waals surface area contributed by atoms with E-state index in [-0.39, 0.29) is 6.04 Å². The standard InChI is InChI=1S/C16H22N2OS/c1-5-6-18-16(15-9-17-10-20-15)13-7-12(3)14(19-4)8-11(13)2/h7-10,16,18H,5-6H2,1-4H3. The Morgan fingerprint density at radius 3 is 2.70 bits per heavy atom. The number of benzene rings is 1. The molecule has 0 bridgehead atoms. The van der Waals surface area contributed by atoms with Crippen LogP contribution in [0.2, 0.25) is 0 Å². The molecule has 3 nitrogen and oxygen atoms in total. The van der Waals surface area contributed by atoms with Crippen LogP contribution < -0.4 is 10.1 Å². The lowest BCUT2D eigenvalue weighted by Crippen LogP contribution is -2.23. The quantitative estimate of drug-likeness (QED) is 0.877. The van der Waals surface area contributed by atoms with Gasteiger partial charge in [0.1, 0.15) is 5.75 Å². The Labute approximate surface area is 125 Å². The van der Waals surface area contributed by atoms with Gasteiger partial charge in [-0.1, -0.05) is 13.0 Å². The molecular formula is C16H22N2OS. The molecule has 0 aliphatic heterocycles. The molecule has 1 unspecified atom stereocenters. The molecule has 20 heavy (non-hydrogen) atoms. The summed E-state index contributed by atoms with van der Waals surface area (Å²) < 4.78 is 5.40. The predicted octanol–water partition coefficient (Wildman–Crippen LogP) is 3.86. The summed E-state index contributed by atoms with van der Waals surface area (Å²) in [6.07, 6.45) is 3.07. The summed E-state index contributed by atoms with van der Waals surface area (Å²) in [7, 11) is 1.72. The van der Waals surface area contributed by atoms with Crippen molar-refractivity contribution in [3.63, 3.8) is 0 Å². The molecule has 0 radical (unpaired) electrons. The summed E-state index contributed by atoms with van der Waals surface area (Å²) >= 11 is 1.70. The van der Waals surface area contributed by atoms with E-state index >= 15 is 0 Å². The molecule has 0 aliphatic carbocycles. The molecule has 1 aromatic carbocycles. The Kier molecular flexibility index (Phi) is 5.15. The van der Waals surface area contributed by atoms with Crippen molar-refractivity contribution in [2.75, 3.05) is 13.7 Å². The number of aromatic nitrogens is 1. The molecular weight excluding hydrogens is 268 g/mol. The highest BCUT2D eigenvalue weighted by Crippen LogP contribution is 2.31. The summed E-state index contributed by atoms with van der Waals surface area (Å²) in [5.41, 5.74) is 5.61. The van der Waals surface area contributed by atoms with Crippen LogP contribution in [0.15, 0.2) is 23.8 Å². The first kappa shape index (κ1) is 15.0. The molecule has 1 atom stereocenters. The zero-order chi connectivity index (χ0) is 14.5. The Morgan fingerprint density at radius 2 is 2.10 bits per heavy atom. The molecule has 0 saturated heterocycles. The van der Waals surface area contributed by atoms with Crippen molar-refractivity contribution < 1.29 is 4.74 Å². The van der Waals surface area contributed by atoms with E-state index in [0.29, 0.717) is 0 Å². The highest BCUT2D eigenvalue weighted by molar-refractivity contribution is 7.09. The van der Waals surface area contributed by atoms with Gasteiger partial charge in [-0.15, -0.1) is 11.3 Å². The van der Waals surface area contributed by atoms with Crippen molar-refractivity contribution in [3.8, 4) is 5.75 Å². The number of ether oxygens (including phenoxy) is 1. The summed E-state index contributed by atoms with van der Waals surface area (Å²) in [5, 5.41) is 3.62. The number of rotatable bonds is 6. The first-order chi connectivity index (χ1) is 9.67. The van der Waals surface area contributed by atoms with Gasteiger partial charge in [-0.2, -0.15) is 0 Å². The summed E-state index contributed by atoms with van der Waals surface area (Å²) in [4.78, 5) is 5.47. The van der Waals surface area contributed by atoms with E-state index in [9.17, 15) is 0 Å². The van der Waals surface area contributed by atoms with Crippen LogP contribution in [-0.4, -0.2) is 18.6 Å². The van der Waals surface area contributed by atoms with Crippen LogP contribution in [0.3, 0.4) is 0 Å². The lowest BCUT2D eigenvalue weighted by atomic mass is 9.97. The monoisotopic (exact) mass is 290 g/mol. The fourth-order valence-corrected chi connectivity index (χ4v) is 3.08. The van der Waals surface area contributed by atoms with Gasteiger partial charge in [-0.05, 0) is 49.6 Å². The molecule has 0 amide bonds. The normalized spacial score (nSPS) is 12.4. The van der Waals surface area contributed by atoms with Crippen LogP contribution in [0.1, 0.15) is 41.0 Å². The SMILES string of the molecule is CCCNC(c1cncs1)c1cc(C)c(OC)cc1C. The molecule has 2 aromatic rings. The summed E-state index contributed by atoms with van der Waals surface area (Å²) in [5.74, 6) is 0.949. The van der Waals surface area contributed by atoms with Crippen LogP contribution in [0.4, 0.5) is 0 Å². The first-order valence-corrected chi connectivity index (χ1v) is 7.82. The summed E-state index contributed by atoms with van der Waals surface area (Å²) in [6.45, 7) is 7.40. The number of hydrogen-bond donors (Lipinski definition) is 1. The van der Waals surface area contributed by atoms with Crippen molar-refractivity contribution in [1.29, 1.82) is 0 Å². The lowest BCUT2D eigenvalue weighted by molar-refractivity contribution is 0.411. The Bertz CT molecular complexity index is 552. The van der Waals surface area contributed by atoms with E-state index < -0.39 is 0 Å². The van der Waals surface area contributed by atoms with Crippen LogP contribution in [0, 0.1) is 13.8 Å². The average molecular weight is 290 g/mol. The smallest absolute Gasteiger partial charge is 0.122 e.